The summed E-state index contributed by atoms with van der Waals surface area (Å²) in [4.78, 5) is 11.9. The maximum absolute atomic E-state index is 10.1. The van der Waals surface area contributed by atoms with Gasteiger partial charge in [0, 0.05) is 24.7 Å². The fourth-order valence-corrected chi connectivity index (χ4v) is 5.50. The minimum Gasteiger partial charge on any atom is -0.390 e. The third kappa shape index (κ3) is 3.41. The summed E-state index contributed by atoms with van der Waals surface area (Å²) in [6.45, 7) is 3.50. The minimum absolute atomic E-state index is 0.0820. The van der Waals surface area contributed by atoms with E-state index in [1.165, 1.54) is 11.1 Å². The molecule has 1 spiro atoms. The van der Waals surface area contributed by atoms with Crippen molar-refractivity contribution in [2.24, 2.45) is 11.1 Å². The van der Waals surface area contributed by atoms with Crippen LogP contribution in [0.15, 0.2) is 48.5 Å². The number of aliphatic hydroxyl groups is 1. The molecular weight excluding hydrogens is 408 g/mol. The van der Waals surface area contributed by atoms with Gasteiger partial charge in [0.25, 0.3) is 0 Å². The Kier molecular flexibility index (Phi) is 5.21. The molecule has 1 aliphatic carbocycles. The first-order chi connectivity index (χ1) is 15.0. The van der Waals surface area contributed by atoms with E-state index < -0.39 is 0 Å². The highest BCUT2D eigenvalue weighted by Gasteiger charge is 2.46. The highest BCUT2D eigenvalue weighted by atomic mass is 35.5. The maximum atomic E-state index is 10.1. The van der Waals surface area contributed by atoms with Crippen molar-refractivity contribution in [2.45, 2.75) is 38.8 Å². The number of hydrogen-bond donors (Lipinski definition) is 2. The molecule has 5 rings (SSSR count). The van der Waals surface area contributed by atoms with Crippen LogP contribution in [0.4, 0.5) is 5.82 Å². The number of hydrogen-bond acceptors (Lipinski definition) is 5. The van der Waals surface area contributed by atoms with Crippen LogP contribution < -0.4 is 10.6 Å². The minimum atomic E-state index is -0.160. The molecule has 3 aromatic rings. The lowest BCUT2D eigenvalue weighted by molar-refractivity contribution is 0.186. The van der Waals surface area contributed by atoms with E-state index in [9.17, 15) is 5.11 Å². The second kappa shape index (κ2) is 7.90. The van der Waals surface area contributed by atoms with E-state index in [2.05, 4.69) is 29.2 Å². The van der Waals surface area contributed by atoms with Gasteiger partial charge in [-0.3, -0.25) is 0 Å². The van der Waals surface area contributed by atoms with Crippen LogP contribution in [0.2, 0.25) is 5.02 Å². The van der Waals surface area contributed by atoms with Crippen LogP contribution >= 0.6 is 11.6 Å². The van der Waals surface area contributed by atoms with Crippen LogP contribution in [-0.2, 0) is 13.0 Å². The molecule has 2 aliphatic rings. The van der Waals surface area contributed by atoms with E-state index in [1.807, 2.05) is 31.2 Å². The van der Waals surface area contributed by atoms with E-state index in [4.69, 9.17) is 27.3 Å². The highest BCUT2D eigenvalue weighted by Crippen LogP contribution is 2.51. The third-order valence-electron chi connectivity index (χ3n) is 7.05. The SMILES string of the molecule is Cc1nc(N2CCC3(CC2)Cc2ccccc2[C@H]3N)c(CO)nc1-c1ccccc1Cl. The summed E-state index contributed by atoms with van der Waals surface area (Å²) in [7, 11) is 0. The number of benzene rings is 2. The highest BCUT2D eigenvalue weighted by molar-refractivity contribution is 6.33. The molecule has 1 aliphatic heterocycles. The summed E-state index contributed by atoms with van der Waals surface area (Å²) in [5.41, 5.74) is 12.5. The molecular formula is C25H27ClN4O. The Hall–Kier alpha value is -2.47. The van der Waals surface area contributed by atoms with Gasteiger partial charge < -0.3 is 15.7 Å². The third-order valence-corrected chi connectivity index (χ3v) is 7.38. The molecule has 1 saturated heterocycles. The zero-order valence-corrected chi connectivity index (χ0v) is 18.4. The summed E-state index contributed by atoms with van der Waals surface area (Å²) in [5.74, 6) is 0.773. The number of halogens is 1. The molecule has 3 N–H and O–H groups in total. The van der Waals surface area contributed by atoms with Crippen molar-refractivity contribution >= 4 is 17.4 Å². The zero-order chi connectivity index (χ0) is 21.6. The van der Waals surface area contributed by atoms with Gasteiger partial charge in [0.1, 0.15) is 5.69 Å². The lowest BCUT2D eigenvalue weighted by Gasteiger charge is -2.43. The average Bonchev–Trinajstić information content (AvgIpc) is 3.06. The van der Waals surface area contributed by atoms with Gasteiger partial charge in [-0.05, 0) is 48.8 Å². The molecule has 1 aromatic heterocycles. The predicted molar refractivity (Wildman–Crippen MR) is 124 cm³/mol. The Bertz CT molecular complexity index is 1120. The Labute approximate surface area is 187 Å². The zero-order valence-electron chi connectivity index (χ0n) is 17.7. The van der Waals surface area contributed by atoms with Crippen molar-refractivity contribution in [3.8, 4) is 11.3 Å². The van der Waals surface area contributed by atoms with Crippen LogP contribution in [-0.4, -0.2) is 28.2 Å². The number of nitrogens with two attached hydrogens (primary N) is 1. The first-order valence-corrected chi connectivity index (χ1v) is 11.2. The summed E-state index contributed by atoms with van der Waals surface area (Å²) in [5, 5.41) is 10.7. The smallest absolute Gasteiger partial charge is 0.153 e. The lowest BCUT2D eigenvalue weighted by Crippen LogP contribution is -2.45. The molecule has 1 atom stereocenters. The van der Waals surface area contributed by atoms with E-state index in [1.54, 1.807) is 0 Å². The first kappa shape index (κ1) is 20.4. The van der Waals surface area contributed by atoms with Crippen molar-refractivity contribution in [3.63, 3.8) is 0 Å². The van der Waals surface area contributed by atoms with E-state index in [0.717, 1.165) is 55.1 Å². The fraction of sp³-hybridized carbons (Fsp3) is 0.360. The van der Waals surface area contributed by atoms with Crippen molar-refractivity contribution in [1.29, 1.82) is 0 Å². The Balaban J connectivity index is 1.41. The van der Waals surface area contributed by atoms with Crippen molar-refractivity contribution < 1.29 is 5.11 Å². The maximum Gasteiger partial charge on any atom is 0.153 e. The lowest BCUT2D eigenvalue weighted by atomic mass is 9.73. The van der Waals surface area contributed by atoms with Crippen LogP contribution in [0.5, 0.6) is 0 Å². The number of anilines is 1. The molecule has 2 aromatic carbocycles. The summed E-state index contributed by atoms with van der Waals surface area (Å²) < 4.78 is 0. The summed E-state index contributed by atoms with van der Waals surface area (Å²) in [6.07, 6.45) is 3.04. The summed E-state index contributed by atoms with van der Waals surface area (Å²) >= 11 is 6.38. The molecule has 5 nitrogen and oxygen atoms in total. The largest absolute Gasteiger partial charge is 0.390 e. The Morgan fingerprint density at radius 2 is 1.81 bits per heavy atom. The molecule has 31 heavy (non-hydrogen) atoms. The van der Waals surface area contributed by atoms with Gasteiger partial charge in [0.05, 0.1) is 23.0 Å². The van der Waals surface area contributed by atoms with Crippen LogP contribution in [0.25, 0.3) is 11.3 Å². The number of piperidine rings is 1. The summed E-state index contributed by atoms with van der Waals surface area (Å²) in [6, 6.07) is 16.3. The van der Waals surface area contributed by atoms with Gasteiger partial charge in [-0.25, -0.2) is 9.97 Å². The average molecular weight is 435 g/mol. The van der Waals surface area contributed by atoms with Gasteiger partial charge >= 0.3 is 0 Å². The molecule has 0 unspecified atom stereocenters. The van der Waals surface area contributed by atoms with Crippen LogP contribution in [0, 0.1) is 12.3 Å². The monoisotopic (exact) mass is 434 g/mol. The van der Waals surface area contributed by atoms with Crippen molar-refractivity contribution in [1.82, 2.24) is 9.97 Å². The van der Waals surface area contributed by atoms with Gasteiger partial charge in [-0.2, -0.15) is 0 Å². The Morgan fingerprint density at radius 3 is 2.52 bits per heavy atom. The molecule has 2 heterocycles. The number of aliphatic hydroxyl groups excluding tert-OH is 1. The van der Waals surface area contributed by atoms with E-state index >= 15 is 0 Å². The predicted octanol–water partition coefficient (Wildman–Crippen LogP) is 4.44. The number of aryl methyl sites for hydroxylation is 1. The number of rotatable bonds is 3. The molecule has 0 amide bonds. The Morgan fingerprint density at radius 1 is 1.10 bits per heavy atom. The second-order valence-corrected chi connectivity index (χ2v) is 9.18. The van der Waals surface area contributed by atoms with Gasteiger partial charge in [-0.1, -0.05) is 54.1 Å². The molecule has 6 heteroatoms. The number of nitrogens with zero attached hydrogens (tertiary/aromatic N) is 3. The van der Waals surface area contributed by atoms with Crippen LogP contribution in [0.1, 0.15) is 41.4 Å². The van der Waals surface area contributed by atoms with Crippen LogP contribution in [0.3, 0.4) is 0 Å². The number of aromatic nitrogens is 2. The van der Waals surface area contributed by atoms with E-state index in [0.29, 0.717) is 10.7 Å². The molecule has 0 saturated carbocycles. The standard InChI is InChI=1S/C25H27ClN4O/c1-16-22(19-8-4-5-9-20(19)26)29-21(15-31)24(28-16)30-12-10-25(11-13-30)14-17-6-2-3-7-18(17)23(25)27/h2-9,23,31H,10-15,27H2,1H3/t23-/m1/s1. The topological polar surface area (TPSA) is 75.3 Å². The quantitative estimate of drug-likeness (QED) is 0.637. The molecule has 0 bridgehead atoms. The van der Waals surface area contributed by atoms with Gasteiger partial charge in [-0.15, -0.1) is 0 Å². The van der Waals surface area contributed by atoms with Crippen molar-refractivity contribution in [2.75, 3.05) is 18.0 Å². The molecule has 1 fully saturated rings. The first-order valence-electron chi connectivity index (χ1n) is 10.8. The van der Waals surface area contributed by atoms with Crippen molar-refractivity contribution in [3.05, 3.63) is 76.1 Å². The normalized spacial score (nSPS) is 19.6. The molecule has 0 radical (unpaired) electrons. The second-order valence-electron chi connectivity index (χ2n) is 8.77. The number of fused-ring (bicyclic) bond motifs is 1. The molecule has 160 valence electrons. The van der Waals surface area contributed by atoms with Gasteiger partial charge in [0.2, 0.25) is 0 Å². The van der Waals surface area contributed by atoms with Gasteiger partial charge in [0.15, 0.2) is 5.82 Å². The fourth-order valence-electron chi connectivity index (χ4n) is 5.28. The van der Waals surface area contributed by atoms with E-state index in [-0.39, 0.29) is 18.1 Å².